The number of anilines is 2. The highest BCUT2D eigenvalue weighted by molar-refractivity contribution is 9.10. The van der Waals surface area contributed by atoms with Crippen LogP contribution < -0.4 is 10.6 Å². The SMILES string of the molecule is Cc1cc(NC(=O)c2cc(NCC3CCCO3)ccn2)ccc1Br. The summed E-state index contributed by atoms with van der Waals surface area (Å²) in [5, 5.41) is 6.19. The molecule has 1 aromatic heterocycles. The number of aromatic nitrogens is 1. The molecule has 2 heterocycles. The van der Waals surface area contributed by atoms with E-state index < -0.39 is 0 Å². The molecule has 1 aromatic carbocycles. The van der Waals surface area contributed by atoms with Crippen LogP contribution in [0.5, 0.6) is 0 Å². The van der Waals surface area contributed by atoms with E-state index in [9.17, 15) is 4.79 Å². The molecule has 1 aliphatic rings. The number of carbonyl (C=O) groups excluding carboxylic acids is 1. The third-order valence-electron chi connectivity index (χ3n) is 3.97. The molecule has 2 aromatic rings. The standard InChI is InChI=1S/C18H20BrN3O2/c1-12-9-14(4-5-16(12)19)22-18(23)17-10-13(6-7-20-17)21-11-15-3-2-8-24-15/h4-7,9-10,15H,2-3,8,11H2,1H3,(H,20,21)(H,22,23). The van der Waals surface area contributed by atoms with E-state index in [-0.39, 0.29) is 12.0 Å². The van der Waals surface area contributed by atoms with Crippen molar-refractivity contribution >= 4 is 33.2 Å². The highest BCUT2D eigenvalue weighted by Gasteiger charge is 2.15. The molecule has 0 aliphatic carbocycles. The maximum absolute atomic E-state index is 12.4. The Hall–Kier alpha value is -1.92. The summed E-state index contributed by atoms with van der Waals surface area (Å²) in [4.78, 5) is 16.5. The van der Waals surface area contributed by atoms with Gasteiger partial charge in [-0.1, -0.05) is 15.9 Å². The van der Waals surface area contributed by atoms with Gasteiger partial charge in [-0.05, 0) is 55.7 Å². The highest BCUT2D eigenvalue weighted by Crippen LogP contribution is 2.21. The number of rotatable bonds is 5. The molecule has 1 unspecified atom stereocenters. The summed E-state index contributed by atoms with van der Waals surface area (Å²) in [6.45, 7) is 3.56. The fourth-order valence-electron chi connectivity index (χ4n) is 2.62. The Balaban J connectivity index is 1.63. The maximum Gasteiger partial charge on any atom is 0.274 e. The average Bonchev–Trinajstić information content (AvgIpc) is 3.10. The molecule has 0 spiro atoms. The molecule has 1 aliphatic heterocycles. The van der Waals surface area contributed by atoms with E-state index in [2.05, 4.69) is 31.5 Å². The largest absolute Gasteiger partial charge is 0.382 e. The second-order valence-corrected chi connectivity index (χ2v) is 6.72. The van der Waals surface area contributed by atoms with Crippen LogP contribution in [-0.4, -0.2) is 30.1 Å². The molecule has 1 saturated heterocycles. The quantitative estimate of drug-likeness (QED) is 0.810. The normalized spacial score (nSPS) is 16.8. The lowest BCUT2D eigenvalue weighted by Gasteiger charge is -2.12. The fraction of sp³-hybridized carbons (Fsp3) is 0.333. The summed E-state index contributed by atoms with van der Waals surface area (Å²) in [6.07, 6.45) is 4.08. The van der Waals surface area contributed by atoms with Gasteiger partial charge in [-0.25, -0.2) is 0 Å². The van der Waals surface area contributed by atoms with Gasteiger partial charge >= 0.3 is 0 Å². The number of aryl methyl sites for hydroxylation is 1. The maximum atomic E-state index is 12.4. The number of hydrogen-bond donors (Lipinski definition) is 2. The van der Waals surface area contributed by atoms with Crippen molar-refractivity contribution in [1.82, 2.24) is 4.98 Å². The third-order valence-corrected chi connectivity index (χ3v) is 4.86. The van der Waals surface area contributed by atoms with Crippen LogP contribution >= 0.6 is 15.9 Å². The van der Waals surface area contributed by atoms with E-state index in [1.165, 1.54) is 0 Å². The van der Waals surface area contributed by atoms with Crippen LogP contribution in [0.3, 0.4) is 0 Å². The first-order chi connectivity index (χ1) is 11.6. The van der Waals surface area contributed by atoms with Crippen molar-refractivity contribution in [3.63, 3.8) is 0 Å². The number of benzene rings is 1. The number of ether oxygens (including phenoxy) is 1. The minimum atomic E-state index is -0.225. The summed E-state index contributed by atoms with van der Waals surface area (Å²) in [6, 6.07) is 9.31. The number of amides is 1. The van der Waals surface area contributed by atoms with Crippen molar-refractivity contribution in [2.75, 3.05) is 23.8 Å². The molecule has 3 rings (SSSR count). The molecule has 6 heteroatoms. The Morgan fingerprint density at radius 3 is 2.96 bits per heavy atom. The first-order valence-corrected chi connectivity index (χ1v) is 8.80. The van der Waals surface area contributed by atoms with Crippen molar-refractivity contribution < 1.29 is 9.53 Å². The zero-order valence-electron chi connectivity index (χ0n) is 13.5. The molecule has 126 valence electrons. The van der Waals surface area contributed by atoms with E-state index >= 15 is 0 Å². The Kier molecular flexibility index (Phi) is 5.48. The minimum Gasteiger partial charge on any atom is -0.382 e. The second-order valence-electron chi connectivity index (χ2n) is 5.86. The van der Waals surface area contributed by atoms with Gasteiger partial charge in [0, 0.05) is 35.2 Å². The van der Waals surface area contributed by atoms with Crippen LogP contribution in [0, 0.1) is 6.92 Å². The third kappa shape index (κ3) is 4.33. The summed E-state index contributed by atoms with van der Waals surface area (Å²) in [7, 11) is 0. The number of pyridine rings is 1. The summed E-state index contributed by atoms with van der Waals surface area (Å²) < 4.78 is 6.60. The van der Waals surface area contributed by atoms with Gasteiger partial charge in [-0.2, -0.15) is 0 Å². The highest BCUT2D eigenvalue weighted by atomic mass is 79.9. The van der Waals surface area contributed by atoms with Gasteiger partial charge in [0.25, 0.3) is 5.91 Å². The van der Waals surface area contributed by atoms with E-state index in [1.54, 1.807) is 12.3 Å². The number of nitrogens with zero attached hydrogens (tertiary/aromatic N) is 1. The summed E-state index contributed by atoms with van der Waals surface area (Å²) in [5.74, 6) is -0.225. The average molecular weight is 390 g/mol. The van der Waals surface area contributed by atoms with Gasteiger partial charge in [0.1, 0.15) is 5.69 Å². The first kappa shape index (κ1) is 16.9. The monoisotopic (exact) mass is 389 g/mol. The minimum absolute atomic E-state index is 0.225. The molecule has 0 radical (unpaired) electrons. The Bertz CT molecular complexity index is 730. The summed E-state index contributed by atoms with van der Waals surface area (Å²) in [5.41, 5.74) is 3.07. The predicted molar refractivity (Wildman–Crippen MR) is 98.5 cm³/mol. The zero-order valence-corrected chi connectivity index (χ0v) is 15.1. The van der Waals surface area contributed by atoms with Crippen LogP contribution in [0.2, 0.25) is 0 Å². The van der Waals surface area contributed by atoms with Gasteiger partial charge < -0.3 is 15.4 Å². The Morgan fingerprint density at radius 1 is 1.33 bits per heavy atom. The topological polar surface area (TPSA) is 63.2 Å². The van der Waals surface area contributed by atoms with Crippen LogP contribution in [-0.2, 0) is 4.74 Å². The number of hydrogen-bond acceptors (Lipinski definition) is 4. The summed E-state index contributed by atoms with van der Waals surface area (Å²) >= 11 is 3.45. The number of halogens is 1. The van der Waals surface area contributed by atoms with Gasteiger partial charge in [0.2, 0.25) is 0 Å². The van der Waals surface area contributed by atoms with E-state index in [0.29, 0.717) is 5.69 Å². The van der Waals surface area contributed by atoms with Crippen molar-refractivity contribution in [3.05, 3.63) is 52.3 Å². The van der Waals surface area contributed by atoms with Gasteiger partial charge in [-0.15, -0.1) is 0 Å². The molecule has 1 atom stereocenters. The van der Waals surface area contributed by atoms with Crippen molar-refractivity contribution in [1.29, 1.82) is 0 Å². The first-order valence-electron chi connectivity index (χ1n) is 8.01. The molecule has 1 fully saturated rings. The molecular weight excluding hydrogens is 370 g/mol. The van der Waals surface area contributed by atoms with Gasteiger partial charge in [0.05, 0.1) is 6.10 Å². The number of nitrogens with one attached hydrogen (secondary N) is 2. The smallest absolute Gasteiger partial charge is 0.274 e. The van der Waals surface area contributed by atoms with Gasteiger partial charge in [0.15, 0.2) is 0 Å². The fourth-order valence-corrected chi connectivity index (χ4v) is 2.87. The lowest BCUT2D eigenvalue weighted by molar-refractivity contribution is 0.102. The molecule has 1 amide bonds. The molecule has 0 bridgehead atoms. The van der Waals surface area contributed by atoms with Crippen LogP contribution in [0.4, 0.5) is 11.4 Å². The van der Waals surface area contributed by atoms with E-state index in [4.69, 9.17) is 4.74 Å². The van der Waals surface area contributed by atoms with Crippen LogP contribution in [0.15, 0.2) is 41.0 Å². The van der Waals surface area contributed by atoms with Crippen molar-refractivity contribution in [3.8, 4) is 0 Å². The molecule has 5 nitrogen and oxygen atoms in total. The van der Waals surface area contributed by atoms with E-state index in [1.807, 2.05) is 31.2 Å². The second kappa shape index (κ2) is 7.77. The zero-order chi connectivity index (χ0) is 16.9. The molecule has 2 N–H and O–H groups in total. The van der Waals surface area contributed by atoms with Gasteiger partial charge in [-0.3, -0.25) is 9.78 Å². The van der Waals surface area contributed by atoms with Crippen molar-refractivity contribution in [2.45, 2.75) is 25.9 Å². The molecular formula is C18H20BrN3O2. The lowest BCUT2D eigenvalue weighted by Crippen LogP contribution is -2.19. The molecule has 0 saturated carbocycles. The Labute approximate surface area is 149 Å². The van der Waals surface area contributed by atoms with Crippen LogP contribution in [0.1, 0.15) is 28.9 Å². The lowest BCUT2D eigenvalue weighted by atomic mass is 10.2. The van der Waals surface area contributed by atoms with Crippen molar-refractivity contribution in [2.24, 2.45) is 0 Å². The predicted octanol–water partition coefficient (Wildman–Crippen LogP) is 4.00. The van der Waals surface area contributed by atoms with Crippen LogP contribution in [0.25, 0.3) is 0 Å². The Morgan fingerprint density at radius 2 is 2.21 bits per heavy atom. The molecule has 24 heavy (non-hydrogen) atoms. The van der Waals surface area contributed by atoms with E-state index in [0.717, 1.165) is 47.4 Å². The number of carbonyl (C=O) groups is 1.